The molecule has 1 unspecified atom stereocenters. The molecule has 0 amide bonds. The Bertz CT molecular complexity index is 722. The van der Waals surface area contributed by atoms with Crippen LogP contribution in [0.4, 0.5) is 4.39 Å². The third-order valence-electron chi connectivity index (χ3n) is 3.79. The Morgan fingerprint density at radius 2 is 2.00 bits per heavy atom. The number of ether oxygens (including phenoxy) is 1. The molecule has 3 rings (SSSR count). The van der Waals surface area contributed by atoms with Gasteiger partial charge in [-0.05, 0) is 49.2 Å². The second kappa shape index (κ2) is 6.82. The lowest BCUT2D eigenvalue weighted by molar-refractivity contribution is 0.0914. The monoisotopic (exact) mass is 339 g/mol. The van der Waals surface area contributed by atoms with E-state index in [4.69, 9.17) is 9.15 Å². The highest BCUT2D eigenvalue weighted by atomic mass is 32.2. The summed E-state index contributed by atoms with van der Waals surface area (Å²) in [5.41, 5.74) is 0. The summed E-state index contributed by atoms with van der Waals surface area (Å²) in [5.74, 6) is 0.0781. The molecule has 2 aromatic rings. The van der Waals surface area contributed by atoms with Gasteiger partial charge in [-0.25, -0.2) is 12.8 Å². The van der Waals surface area contributed by atoms with Crippen LogP contribution in [0.3, 0.4) is 0 Å². The highest BCUT2D eigenvalue weighted by molar-refractivity contribution is 7.89. The molecule has 2 heterocycles. The van der Waals surface area contributed by atoms with Crippen LogP contribution in [-0.2, 0) is 21.3 Å². The Kier molecular flexibility index (Phi) is 4.79. The zero-order valence-corrected chi connectivity index (χ0v) is 13.3. The molecule has 1 fully saturated rings. The Balaban J connectivity index is 1.87. The van der Waals surface area contributed by atoms with Crippen LogP contribution in [0.1, 0.15) is 18.6 Å². The fourth-order valence-corrected chi connectivity index (χ4v) is 4.03. The maximum absolute atomic E-state index is 13.1. The fourth-order valence-electron chi connectivity index (χ4n) is 2.60. The van der Waals surface area contributed by atoms with Gasteiger partial charge >= 0.3 is 0 Å². The lowest BCUT2D eigenvalue weighted by Gasteiger charge is -2.24. The molecule has 0 saturated carbocycles. The highest BCUT2D eigenvalue weighted by Crippen LogP contribution is 2.22. The first-order valence-electron chi connectivity index (χ1n) is 7.45. The number of hydrogen-bond acceptors (Lipinski definition) is 4. The predicted octanol–water partition coefficient (Wildman–Crippen LogP) is 2.79. The molecule has 0 aliphatic carbocycles. The Morgan fingerprint density at radius 3 is 2.61 bits per heavy atom. The van der Waals surface area contributed by atoms with Crippen LogP contribution in [-0.4, -0.2) is 32.0 Å². The second-order valence-electron chi connectivity index (χ2n) is 5.47. The van der Waals surface area contributed by atoms with Gasteiger partial charge < -0.3 is 9.15 Å². The smallest absolute Gasteiger partial charge is 0.243 e. The molecule has 23 heavy (non-hydrogen) atoms. The fraction of sp³-hybridized carbons (Fsp3) is 0.375. The van der Waals surface area contributed by atoms with Crippen molar-refractivity contribution < 1.29 is 22.0 Å². The van der Waals surface area contributed by atoms with Crippen molar-refractivity contribution in [1.29, 1.82) is 0 Å². The lowest BCUT2D eigenvalue weighted by atomic mass is 10.2. The van der Waals surface area contributed by atoms with E-state index in [1.165, 1.54) is 22.7 Å². The minimum Gasteiger partial charge on any atom is -0.468 e. The topological polar surface area (TPSA) is 59.8 Å². The van der Waals surface area contributed by atoms with Crippen molar-refractivity contribution in [3.63, 3.8) is 0 Å². The summed E-state index contributed by atoms with van der Waals surface area (Å²) in [4.78, 5) is 0.0588. The van der Waals surface area contributed by atoms with E-state index in [-0.39, 0.29) is 24.1 Å². The summed E-state index contributed by atoms with van der Waals surface area (Å²) in [6.07, 6.45) is 3.13. The van der Waals surface area contributed by atoms with Crippen LogP contribution in [0.15, 0.2) is 52.0 Å². The molecule has 1 atom stereocenters. The van der Waals surface area contributed by atoms with E-state index in [2.05, 4.69) is 0 Å². The van der Waals surface area contributed by atoms with E-state index >= 15 is 0 Å². The second-order valence-corrected chi connectivity index (χ2v) is 7.40. The zero-order valence-electron chi connectivity index (χ0n) is 12.5. The molecular formula is C16H18FNO4S. The van der Waals surface area contributed by atoms with Crippen LogP contribution in [0.25, 0.3) is 0 Å². The van der Waals surface area contributed by atoms with Gasteiger partial charge in [0.1, 0.15) is 11.6 Å². The van der Waals surface area contributed by atoms with Crippen molar-refractivity contribution in [3.05, 3.63) is 54.2 Å². The van der Waals surface area contributed by atoms with E-state index in [0.717, 1.165) is 25.0 Å². The van der Waals surface area contributed by atoms with Gasteiger partial charge in [0.2, 0.25) is 10.0 Å². The first kappa shape index (κ1) is 16.2. The average molecular weight is 339 g/mol. The molecule has 1 aliphatic heterocycles. The lowest BCUT2D eigenvalue weighted by Crippen LogP contribution is -2.36. The van der Waals surface area contributed by atoms with Crippen LogP contribution >= 0.6 is 0 Å². The molecule has 0 radical (unpaired) electrons. The van der Waals surface area contributed by atoms with Crippen molar-refractivity contribution in [3.8, 4) is 0 Å². The summed E-state index contributed by atoms with van der Waals surface area (Å²) in [6, 6.07) is 8.27. The van der Waals surface area contributed by atoms with E-state index in [9.17, 15) is 12.8 Å². The van der Waals surface area contributed by atoms with Crippen LogP contribution < -0.4 is 0 Å². The third-order valence-corrected chi connectivity index (χ3v) is 5.62. The van der Waals surface area contributed by atoms with Gasteiger partial charge in [0, 0.05) is 13.2 Å². The van der Waals surface area contributed by atoms with E-state index < -0.39 is 15.8 Å². The Morgan fingerprint density at radius 1 is 1.22 bits per heavy atom. The van der Waals surface area contributed by atoms with Crippen molar-refractivity contribution >= 4 is 10.0 Å². The van der Waals surface area contributed by atoms with Gasteiger partial charge in [-0.15, -0.1) is 0 Å². The molecule has 7 heteroatoms. The SMILES string of the molecule is O=S(=O)(c1ccc(F)cc1)N(Cc1ccco1)CC1CCCO1. The van der Waals surface area contributed by atoms with Gasteiger partial charge in [0.15, 0.2) is 0 Å². The van der Waals surface area contributed by atoms with E-state index in [0.29, 0.717) is 12.4 Å². The maximum Gasteiger partial charge on any atom is 0.243 e. The summed E-state index contributed by atoms with van der Waals surface area (Å²) in [5, 5.41) is 0. The number of rotatable bonds is 6. The minimum absolute atomic E-state index is 0.0588. The standard InChI is InChI=1S/C16H18FNO4S/c17-13-5-7-16(8-6-13)23(19,20)18(11-14-3-1-9-21-14)12-15-4-2-10-22-15/h1,3,5-9,15H,2,4,10-12H2. The molecule has 0 bridgehead atoms. The molecule has 0 spiro atoms. The van der Waals surface area contributed by atoms with Gasteiger partial charge in [-0.1, -0.05) is 0 Å². The largest absolute Gasteiger partial charge is 0.468 e. The number of benzene rings is 1. The summed E-state index contributed by atoms with van der Waals surface area (Å²) in [6.45, 7) is 1.02. The van der Waals surface area contributed by atoms with Gasteiger partial charge in [-0.3, -0.25) is 0 Å². The first-order valence-corrected chi connectivity index (χ1v) is 8.89. The Labute approximate surface area is 134 Å². The number of nitrogens with zero attached hydrogens (tertiary/aromatic N) is 1. The van der Waals surface area contributed by atoms with Crippen LogP contribution in [0.2, 0.25) is 0 Å². The van der Waals surface area contributed by atoms with Crippen molar-refractivity contribution in [2.75, 3.05) is 13.2 Å². The van der Waals surface area contributed by atoms with Gasteiger partial charge in [-0.2, -0.15) is 4.31 Å². The van der Waals surface area contributed by atoms with Crippen molar-refractivity contribution in [2.24, 2.45) is 0 Å². The van der Waals surface area contributed by atoms with Gasteiger partial charge in [0.05, 0.1) is 23.8 Å². The highest BCUT2D eigenvalue weighted by Gasteiger charge is 2.29. The normalized spacial score (nSPS) is 18.6. The number of furan rings is 1. The molecular weight excluding hydrogens is 321 g/mol. The van der Waals surface area contributed by atoms with E-state index in [1.807, 2.05) is 0 Å². The molecule has 1 aliphatic rings. The van der Waals surface area contributed by atoms with Gasteiger partial charge in [0.25, 0.3) is 0 Å². The molecule has 0 N–H and O–H groups in total. The maximum atomic E-state index is 13.1. The molecule has 1 aromatic heterocycles. The number of sulfonamides is 1. The summed E-state index contributed by atoms with van der Waals surface area (Å²) in [7, 11) is -3.75. The van der Waals surface area contributed by atoms with E-state index in [1.54, 1.807) is 12.1 Å². The quantitative estimate of drug-likeness (QED) is 0.812. The van der Waals surface area contributed by atoms with Crippen molar-refractivity contribution in [2.45, 2.75) is 30.4 Å². The molecule has 1 saturated heterocycles. The number of hydrogen-bond donors (Lipinski definition) is 0. The molecule has 5 nitrogen and oxygen atoms in total. The summed E-state index contributed by atoms with van der Waals surface area (Å²) >= 11 is 0. The van der Waals surface area contributed by atoms with Crippen LogP contribution in [0, 0.1) is 5.82 Å². The Hall–Kier alpha value is -1.70. The number of halogens is 1. The third kappa shape index (κ3) is 3.80. The minimum atomic E-state index is -3.75. The predicted molar refractivity (Wildman–Crippen MR) is 81.7 cm³/mol. The molecule has 1 aromatic carbocycles. The average Bonchev–Trinajstić information content (AvgIpc) is 3.20. The summed E-state index contributed by atoms with van der Waals surface area (Å²) < 4.78 is 50.9. The molecule has 124 valence electrons. The van der Waals surface area contributed by atoms with Crippen molar-refractivity contribution in [1.82, 2.24) is 4.31 Å². The first-order chi connectivity index (χ1) is 11.1. The zero-order chi connectivity index (χ0) is 16.3. The van der Waals surface area contributed by atoms with Crippen LogP contribution in [0.5, 0.6) is 0 Å².